The molecule has 0 aromatic heterocycles. The summed E-state index contributed by atoms with van der Waals surface area (Å²) in [6.45, 7) is 6.52. The predicted octanol–water partition coefficient (Wildman–Crippen LogP) is 21.3. The number of ether oxygens (including phenoxy) is 3. The zero-order valence-corrected chi connectivity index (χ0v) is 48.4. The standard InChI is InChI=1S/C67H118O6/c1-4-7-10-13-16-19-22-25-28-31-33-36-39-42-45-48-51-54-57-60-66(69)72-63-64(62-71-65(68)59-56-53-50-47-44-41-38-35-30-27-24-21-18-15-12-9-6-3)73-67(70)61-58-55-52-49-46-43-40-37-34-32-29-26-23-20-17-14-11-8-5-2/h9,12,16,18-19,21,25-30,64H,4-8,10-11,13-15,17,20,22-24,31-63H2,1-3H3/b12-9-,19-16-,21-18-,28-25-,29-26-,30-27-. The van der Waals surface area contributed by atoms with Crippen molar-refractivity contribution >= 4 is 17.9 Å². The maximum atomic E-state index is 12.9. The van der Waals surface area contributed by atoms with Crippen LogP contribution in [0.2, 0.25) is 0 Å². The van der Waals surface area contributed by atoms with Gasteiger partial charge in [-0.2, -0.15) is 0 Å². The van der Waals surface area contributed by atoms with E-state index in [9.17, 15) is 14.4 Å². The van der Waals surface area contributed by atoms with E-state index in [0.717, 1.165) is 89.9 Å². The molecule has 6 heteroatoms. The Morgan fingerprint density at radius 3 is 0.877 bits per heavy atom. The Bertz CT molecular complexity index is 1360. The van der Waals surface area contributed by atoms with Crippen LogP contribution in [0.5, 0.6) is 0 Å². The third-order valence-corrected chi connectivity index (χ3v) is 13.7. The van der Waals surface area contributed by atoms with Gasteiger partial charge in [-0.15, -0.1) is 0 Å². The minimum atomic E-state index is -0.784. The molecule has 0 aliphatic rings. The summed E-state index contributed by atoms with van der Waals surface area (Å²) in [7, 11) is 0. The number of hydrogen-bond acceptors (Lipinski definition) is 6. The first-order valence-electron chi connectivity index (χ1n) is 31.4. The van der Waals surface area contributed by atoms with E-state index in [-0.39, 0.29) is 31.1 Å². The second-order valence-electron chi connectivity index (χ2n) is 20.9. The number of carbonyl (C=O) groups is 3. The van der Waals surface area contributed by atoms with Gasteiger partial charge in [-0.05, 0) is 109 Å². The average molecular weight is 1020 g/mol. The van der Waals surface area contributed by atoms with Crippen LogP contribution in [0.3, 0.4) is 0 Å². The Morgan fingerprint density at radius 2 is 0.534 bits per heavy atom. The fourth-order valence-electron chi connectivity index (χ4n) is 8.95. The van der Waals surface area contributed by atoms with E-state index < -0.39 is 6.10 Å². The van der Waals surface area contributed by atoms with Crippen LogP contribution in [0.1, 0.15) is 316 Å². The quantitative estimate of drug-likeness (QED) is 0.0261. The fraction of sp³-hybridized carbons (Fsp3) is 0.776. The van der Waals surface area contributed by atoms with Gasteiger partial charge in [0.2, 0.25) is 0 Å². The molecular weight excluding hydrogens is 901 g/mol. The molecule has 1 unspecified atom stereocenters. The summed E-state index contributed by atoms with van der Waals surface area (Å²) in [5.41, 5.74) is 0. The molecule has 0 bridgehead atoms. The summed E-state index contributed by atoms with van der Waals surface area (Å²) in [5.74, 6) is -0.882. The number of esters is 3. The molecule has 0 spiro atoms. The maximum Gasteiger partial charge on any atom is 0.306 e. The number of carbonyl (C=O) groups excluding carboxylic acids is 3. The smallest absolute Gasteiger partial charge is 0.306 e. The summed E-state index contributed by atoms with van der Waals surface area (Å²) in [6, 6.07) is 0. The van der Waals surface area contributed by atoms with E-state index in [4.69, 9.17) is 14.2 Å². The molecule has 0 radical (unpaired) electrons. The van der Waals surface area contributed by atoms with Gasteiger partial charge < -0.3 is 14.2 Å². The lowest BCUT2D eigenvalue weighted by Gasteiger charge is -2.18. The van der Waals surface area contributed by atoms with Gasteiger partial charge in [0.05, 0.1) is 0 Å². The van der Waals surface area contributed by atoms with Crippen LogP contribution < -0.4 is 0 Å². The van der Waals surface area contributed by atoms with Crippen LogP contribution in [0.15, 0.2) is 72.9 Å². The predicted molar refractivity (Wildman–Crippen MR) is 316 cm³/mol. The van der Waals surface area contributed by atoms with Gasteiger partial charge in [0.25, 0.3) is 0 Å². The third kappa shape index (κ3) is 59.6. The third-order valence-electron chi connectivity index (χ3n) is 13.7. The van der Waals surface area contributed by atoms with Crippen molar-refractivity contribution < 1.29 is 28.6 Å². The summed E-state index contributed by atoms with van der Waals surface area (Å²) in [5, 5.41) is 0. The van der Waals surface area contributed by atoms with E-state index in [0.29, 0.717) is 19.3 Å². The van der Waals surface area contributed by atoms with Gasteiger partial charge in [0.1, 0.15) is 13.2 Å². The number of rotatable bonds is 57. The minimum absolute atomic E-state index is 0.0803. The Morgan fingerprint density at radius 1 is 0.288 bits per heavy atom. The fourth-order valence-corrected chi connectivity index (χ4v) is 8.95. The van der Waals surface area contributed by atoms with Crippen molar-refractivity contribution in [2.45, 2.75) is 322 Å². The highest BCUT2D eigenvalue weighted by atomic mass is 16.6. The van der Waals surface area contributed by atoms with E-state index in [1.54, 1.807) is 0 Å². The topological polar surface area (TPSA) is 78.9 Å². The molecule has 73 heavy (non-hydrogen) atoms. The molecule has 0 heterocycles. The van der Waals surface area contributed by atoms with E-state index in [2.05, 4.69) is 93.7 Å². The summed E-state index contributed by atoms with van der Waals surface area (Å²) < 4.78 is 16.9. The Kier molecular flexibility index (Phi) is 58.7. The molecule has 0 aliphatic heterocycles. The highest BCUT2D eigenvalue weighted by molar-refractivity contribution is 5.71. The van der Waals surface area contributed by atoms with Gasteiger partial charge in [-0.3, -0.25) is 14.4 Å². The molecule has 422 valence electrons. The molecule has 0 aromatic carbocycles. The van der Waals surface area contributed by atoms with Crippen molar-refractivity contribution in [2.75, 3.05) is 13.2 Å². The lowest BCUT2D eigenvalue weighted by Crippen LogP contribution is -2.30. The van der Waals surface area contributed by atoms with Crippen LogP contribution in [-0.2, 0) is 28.6 Å². The lowest BCUT2D eigenvalue weighted by atomic mass is 10.1. The first kappa shape index (κ1) is 69.8. The van der Waals surface area contributed by atoms with Crippen LogP contribution in [0, 0.1) is 0 Å². The molecule has 1 atom stereocenters. The summed E-state index contributed by atoms with van der Waals surface area (Å²) >= 11 is 0. The highest BCUT2D eigenvalue weighted by Crippen LogP contribution is 2.16. The van der Waals surface area contributed by atoms with Crippen molar-refractivity contribution in [1.82, 2.24) is 0 Å². The van der Waals surface area contributed by atoms with Crippen molar-refractivity contribution in [3.8, 4) is 0 Å². The SMILES string of the molecule is CC/C=C\C/C=C\C/C=C\CCCCCCCCCC(=O)OCC(COC(=O)CCCCCCCCCCC/C=C\C/C=C\CCCCC)OC(=O)CCCCCCCCCCC/C=C\CCCCCCCC. The second-order valence-corrected chi connectivity index (χ2v) is 20.9. The molecule has 0 aliphatic carbocycles. The largest absolute Gasteiger partial charge is 0.462 e. The number of allylic oxidation sites excluding steroid dienone is 12. The van der Waals surface area contributed by atoms with Gasteiger partial charge >= 0.3 is 17.9 Å². The molecule has 0 amide bonds. The molecule has 0 saturated carbocycles. The Labute approximate surface area is 453 Å². The molecular formula is C67H118O6. The molecule has 0 rings (SSSR count). The van der Waals surface area contributed by atoms with Gasteiger partial charge in [0, 0.05) is 19.3 Å². The van der Waals surface area contributed by atoms with Crippen LogP contribution in [0.4, 0.5) is 0 Å². The summed E-state index contributed by atoms with van der Waals surface area (Å²) in [6.07, 6.45) is 78.9. The molecule has 0 fully saturated rings. The Balaban J connectivity index is 4.38. The van der Waals surface area contributed by atoms with Crippen molar-refractivity contribution in [1.29, 1.82) is 0 Å². The first-order valence-corrected chi connectivity index (χ1v) is 31.4. The van der Waals surface area contributed by atoms with Crippen molar-refractivity contribution in [2.24, 2.45) is 0 Å². The second kappa shape index (κ2) is 61.4. The summed E-state index contributed by atoms with van der Waals surface area (Å²) in [4.78, 5) is 38.3. The van der Waals surface area contributed by atoms with E-state index in [1.165, 1.54) is 186 Å². The highest BCUT2D eigenvalue weighted by Gasteiger charge is 2.19. The normalized spacial score (nSPS) is 12.5. The molecule has 6 nitrogen and oxygen atoms in total. The molecule has 0 aromatic rings. The van der Waals surface area contributed by atoms with Crippen LogP contribution in [0.25, 0.3) is 0 Å². The zero-order valence-electron chi connectivity index (χ0n) is 48.4. The van der Waals surface area contributed by atoms with Crippen LogP contribution >= 0.6 is 0 Å². The van der Waals surface area contributed by atoms with Crippen molar-refractivity contribution in [3.05, 3.63) is 72.9 Å². The number of unbranched alkanes of at least 4 members (excludes halogenated alkanes) is 34. The average Bonchev–Trinajstić information content (AvgIpc) is 3.39. The maximum absolute atomic E-state index is 12.9. The first-order chi connectivity index (χ1) is 36.0. The zero-order chi connectivity index (χ0) is 52.9. The van der Waals surface area contributed by atoms with E-state index in [1.807, 2.05) is 0 Å². The van der Waals surface area contributed by atoms with Crippen LogP contribution in [-0.4, -0.2) is 37.2 Å². The number of hydrogen-bond donors (Lipinski definition) is 0. The van der Waals surface area contributed by atoms with Gasteiger partial charge in [0.15, 0.2) is 6.10 Å². The van der Waals surface area contributed by atoms with Gasteiger partial charge in [-0.1, -0.05) is 261 Å². The molecule has 0 N–H and O–H groups in total. The van der Waals surface area contributed by atoms with Gasteiger partial charge in [-0.25, -0.2) is 0 Å². The Hall–Kier alpha value is -3.15. The van der Waals surface area contributed by atoms with E-state index >= 15 is 0 Å². The monoisotopic (exact) mass is 1020 g/mol. The lowest BCUT2D eigenvalue weighted by molar-refractivity contribution is -0.167. The van der Waals surface area contributed by atoms with Crippen molar-refractivity contribution in [3.63, 3.8) is 0 Å². The minimum Gasteiger partial charge on any atom is -0.462 e. The molecule has 0 saturated heterocycles.